The van der Waals surface area contributed by atoms with Gasteiger partial charge in [0.25, 0.3) is 0 Å². The molecule has 0 bridgehead atoms. The molecular weight excluding hydrogens is 310 g/mol. The Bertz CT molecular complexity index is 423. The van der Waals surface area contributed by atoms with Gasteiger partial charge in [0.2, 0.25) is 0 Å². The lowest BCUT2D eigenvalue weighted by Crippen LogP contribution is -2.31. The standard InChI is InChI=1S/C13H20BrN3S/c1-9(6-7-18-3)17(2)12-5-4-10(14)8-11(12)13(15)16/h4-5,8-9H,6-7H2,1-3H3,(H3,15,16). The number of nitrogens with two attached hydrogens (primary N) is 1. The number of nitrogens with zero attached hydrogens (tertiary/aromatic N) is 1. The van der Waals surface area contributed by atoms with Gasteiger partial charge < -0.3 is 10.6 Å². The number of nitrogen functional groups attached to an aromatic ring is 1. The average molecular weight is 330 g/mol. The van der Waals surface area contributed by atoms with Crippen molar-refractivity contribution in [2.45, 2.75) is 19.4 Å². The predicted octanol–water partition coefficient (Wildman–Crippen LogP) is 3.31. The maximum atomic E-state index is 7.67. The van der Waals surface area contributed by atoms with Crippen molar-refractivity contribution in [3.63, 3.8) is 0 Å². The van der Waals surface area contributed by atoms with Crippen LogP contribution >= 0.6 is 27.7 Å². The smallest absolute Gasteiger partial charge is 0.124 e. The summed E-state index contributed by atoms with van der Waals surface area (Å²) in [6.07, 6.45) is 3.23. The number of nitrogens with one attached hydrogen (secondary N) is 1. The van der Waals surface area contributed by atoms with Crippen molar-refractivity contribution in [1.29, 1.82) is 5.41 Å². The highest BCUT2D eigenvalue weighted by Gasteiger charge is 2.15. The quantitative estimate of drug-likeness (QED) is 0.621. The van der Waals surface area contributed by atoms with Gasteiger partial charge >= 0.3 is 0 Å². The first kappa shape index (κ1) is 15.4. The second kappa shape index (κ2) is 7.04. The summed E-state index contributed by atoms with van der Waals surface area (Å²) in [7, 11) is 2.06. The fourth-order valence-electron chi connectivity index (χ4n) is 1.75. The molecular formula is C13H20BrN3S. The molecule has 1 rings (SSSR count). The van der Waals surface area contributed by atoms with E-state index in [1.807, 2.05) is 30.0 Å². The first-order valence-electron chi connectivity index (χ1n) is 5.83. The van der Waals surface area contributed by atoms with Gasteiger partial charge in [-0.05, 0) is 43.6 Å². The van der Waals surface area contributed by atoms with Gasteiger partial charge in [0.15, 0.2) is 0 Å². The van der Waals surface area contributed by atoms with Crippen LogP contribution < -0.4 is 10.6 Å². The molecule has 0 saturated heterocycles. The molecule has 0 radical (unpaired) electrons. The van der Waals surface area contributed by atoms with Gasteiger partial charge in [-0.3, -0.25) is 5.41 Å². The van der Waals surface area contributed by atoms with E-state index >= 15 is 0 Å². The van der Waals surface area contributed by atoms with Crippen LogP contribution in [0.25, 0.3) is 0 Å². The number of rotatable bonds is 6. The Hall–Kier alpha value is -0.680. The van der Waals surface area contributed by atoms with E-state index in [0.29, 0.717) is 6.04 Å². The second-order valence-electron chi connectivity index (χ2n) is 4.32. The molecule has 0 aliphatic carbocycles. The van der Waals surface area contributed by atoms with Gasteiger partial charge in [-0.15, -0.1) is 0 Å². The van der Waals surface area contributed by atoms with Crippen LogP contribution in [0.2, 0.25) is 0 Å². The molecule has 100 valence electrons. The summed E-state index contributed by atoms with van der Waals surface area (Å²) in [5.41, 5.74) is 7.45. The van der Waals surface area contributed by atoms with Gasteiger partial charge in [0.1, 0.15) is 5.84 Å². The van der Waals surface area contributed by atoms with Crippen molar-refractivity contribution >= 4 is 39.2 Å². The molecule has 3 nitrogen and oxygen atoms in total. The van der Waals surface area contributed by atoms with Crippen molar-refractivity contribution in [3.05, 3.63) is 28.2 Å². The zero-order chi connectivity index (χ0) is 13.7. The van der Waals surface area contributed by atoms with E-state index in [4.69, 9.17) is 11.1 Å². The number of halogens is 1. The summed E-state index contributed by atoms with van der Waals surface area (Å²) in [5, 5.41) is 7.67. The number of benzene rings is 1. The number of hydrogen-bond donors (Lipinski definition) is 2. The summed E-state index contributed by atoms with van der Waals surface area (Å²) in [6.45, 7) is 2.20. The Kier molecular flexibility index (Phi) is 6.02. The minimum absolute atomic E-state index is 0.107. The molecule has 0 aromatic heterocycles. The zero-order valence-electron chi connectivity index (χ0n) is 11.0. The van der Waals surface area contributed by atoms with Crippen molar-refractivity contribution in [3.8, 4) is 0 Å². The molecule has 1 aromatic rings. The Morgan fingerprint density at radius 2 is 2.22 bits per heavy atom. The first-order chi connectivity index (χ1) is 8.47. The molecule has 18 heavy (non-hydrogen) atoms. The molecule has 1 atom stereocenters. The lowest BCUT2D eigenvalue weighted by molar-refractivity contribution is 0.669. The molecule has 0 spiro atoms. The van der Waals surface area contributed by atoms with E-state index < -0.39 is 0 Å². The predicted molar refractivity (Wildman–Crippen MR) is 86.0 cm³/mol. The molecule has 0 amide bonds. The normalized spacial score (nSPS) is 12.2. The third-order valence-electron chi connectivity index (χ3n) is 3.03. The Morgan fingerprint density at radius 3 is 2.78 bits per heavy atom. The van der Waals surface area contributed by atoms with Gasteiger partial charge in [-0.25, -0.2) is 0 Å². The van der Waals surface area contributed by atoms with E-state index in [0.717, 1.165) is 27.9 Å². The highest BCUT2D eigenvalue weighted by molar-refractivity contribution is 9.10. The van der Waals surface area contributed by atoms with E-state index in [1.54, 1.807) is 0 Å². The molecule has 0 fully saturated rings. The van der Waals surface area contributed by atoms with E-state index in [1.165, 1.54) is 0 Å². The minimum Gasteiger partial charge on any atom is -0.384 e. The number of hydrogen-bond acceptors (Lipinski definition) is 3. The summed E-state index contributed by atoms with van der Waals surface area (Å²) < 4.78 is 0.946. The maximum absolute atomic E-state index is 7.67. The summed E-state index contributed by atoms with van der Waals surface area (Å²) in [4.78, 5) is 2.19. The number of thioether (sulfide) groups is 1. The highest BCUT2D eigenvalue weighted by atomic mass is 79.9. The minimum atomic E-state index is 0.107. The van der Waals surface area contributed by atoms with Crippen LogP contribution in [0, 0.1) is 5.41 Å². The first-order valence-corrected chi connectivity index (χ1v) is 8.01. The van der Waals surface area contributed by atoms with Crippen molar-refractivity contribution < 1.29 is 0 Å². The molecule has 1 unspecified atom stereocenters. The lowest BCUT2D eigenvalue weighted by Gasteiger charge is -2.29. The third kappa shape index (κ3) is 3.92. The molecule has 5 heteroatoms. The molecule has 0 aliphatic rings. The highest BCUT2D eigenvalue weighted by Crippen LogP contribution is 2.25. The van der Waals surface area contributed by atoms with Crippen LogP contribution in [-0.2, 0) is 0 Å². The Morgan fingerprint density at radius 1 is 1.56 bits per heavy atom. The van der Waals surface area contributed by atoms with Crippen molar-refractivity contribution in [2.75, 3.05) is 24.0 Å². The summed E-state index contributed by atoms with van der Waals surface area (Å²) >= 11 is 5.27. The lowest BCUT2D eigenvalue weighted by atomic mass is 10.1. The van der Waals surface area contributed by atoms with Crippen molar-refractivity contribution in [2.24, 2.45) is 5.73 Å². The number of amidine groups is 1. The van der Waals surface area contributed by atoms with E-state index in [2.05, 4.69) is 41.1 Å². The third-order valence-corrected chi connectivity index (χ3v) is 4.17. The molecule has 0 heterocycles. The van der Waals surface area contributed by atoms with Gasteiger partial charge in [0, 0.05) is 28.8 Å². The molecule has 0 aliphatic heterocycles. The zero-order valence-corrected chi connectivity index (χ0v) is 13.4. The number of anilines is 1. The van der Waals surface area contributed by atoms with Gasteiger partial charge in [0.05, 0.1) is 0 Å². The van der Waals surface area contributed by atoms with Gasteiger partial charge in [-0.2, -0.15) is 11.8 Å². The largest absolute Gasteiger partial charge is 0.384 e. The molecule has 3 N–H and O–H groups in total. The topological polar surface area (TPSA) is 53.1 Å². The van der Waals surface area contributed by atoms with E-state index in [9.17, 15) is 0 Å². The SMILES string of the molecule is CSCCC(C)N(C)c1ccc(Br)cc1C(=N)N. The Labute approximate surface area is 122 Å². The van der Waals surface area contributed by atoms with Crippen LogP contribution in [0.4, 0.5) is 5.69 Å². The van der Waals surface area contributed by atoms with Crippen LogP contribution in [0.15, 0.2) is 22.7 Å². The maximum Gasteiger partial charge on any atom is 0.124 e. The average Bonchev–Trinajstić information content (AvgIpc) is 2.34. The summed E-state index contributed by atoms with van der Waals surface area (Å²) in [6, 6.07) is 6.32. The summed E-state index contributed by atoms with van der Waals surface area (Å²) in [5.74, 6) is 1.24. The fourth-order valence-corrected chi connectivity index (χ4v) is 2.69. The van der Waals surface area contributed by atoms with Crippen LogP contribution in [0.3, 0.4) is 0 Å². The fraction of sp³-hybridized carbons (Fsp3) is 0.462. The Balaban J connectivity index is 2.97. The second-order valence-corrected chi connectivity index (χ2v) is 6.22. The monoisotopic (exact) mass is 329 g/mol. The molecule has 1 aromatic carbocycles. The van der Waals surface area contributed by atoms with Gasteiger partial charge in [-0.1, -0.05) is 15.9 Å². The van der Waals surface area contributed by atoms with Crippen LogP contribution in [-0.4, -0.2) is 30.9 Å². The van der Waals surface area contributed by atoms with Crippen LogP contribution in [0.1, 0.15) is 18.9 Å². The van der Waals surface area contributed by atoms with Crippen molar-refractivity contribution in [1.82, 2.24) is 0 Å². The van der Waals surface area contributed by atoms with E-state index in [-0.39, 0.29) is 5.84 Å². The molecule has 0 saturated carbocycles. The van der Waals surface area contributed by atoms with Crippen LogP contribution in [0.5, 0.6) is 0 Å².